The van der Waals surface area contributed by atoms with E-state index >= 15 is 0 Å². The van der Waals surface area contributed by atoms with E-state index in [4.69, 9.17) is 0 Å². The molecule has 4 heteroatoms. The first-order valence-corrected chi connectivity index (χ1v) is 5.01. The van der Waals surface area contributed by atoms with Crippen molar-refractivity contribution in [3.05, 3.63) is 36.2 Å². The summed E-state index contributed by atoms with van der Waals surface area (Å²) >= 11 is 0. The Bertz CT molecular complexity index is 446. The molecule has 0 aliphatic carbocycles. The molecule has 78 valence electrons. The zero-order valence-electron chi connectivity index (χ0n) is 9.18. The van der Waals surface area contributed by atoms with Gasteiger partial charge in [-0.2, -0.15) is 5.10 Å². The van der Waals surface area contributed by atoms with Crippen molar-refractivity contribution in [3.63, 3.8) is 0 Å². The van der Waals surface area contributed by atoms with Gasteiger partial charge in [0.15, 0.2) is 0 Å². The largest absolute Gasteiger partial charge is 0.256 e. The molecule has 0 bridgehead atoms. The monoisotopic (exact) mass is 202 g/mol. The van der Waals surface area contributed by atoms with Crippen molar-refractivity contribution in [3.8, 4) is 5.69 Å². The standard InChI is InChI=1S/C11H14N4/c1-8(2)11-10(5-4-9(3)14-11)15-7-12-6-13-15/h4-8H,1-3H3. The van der Waals surface area contributed by atoms with E-state index in [0.717, 1.165) is 17.1 Å². The van der Waals surface area contributed by atoms with E-state index in [2.05, 4.69) is 28.9 Å². The van der Waals surface area contributed by atoms with Gasteiger partial charge >= 0.3 is 0 Å². The molecule has 0 fully saturated rings. The van der Waals surface area contributed by atoms with E-state index in [1.165, 1.54) is 6.33 Å². The molecule has 2 aromatic rings. The zero-order chi connectivity index (χ0) is 10.8. The minimum atomic E-state index is 0.379. The maximum atomic E-state index is 4.54. The fourth-order valence-corrected chi connectivity index (χ4v) is 1.52. The molecule has 2 heterocycles. The summed E-state index contributed by atoms with van der Waals surface area (Å²) in [4.78, 5) is 8.49. The quantitative estimate of drug-likeness (QED) is 0.749. The van der Waals surface area contributed by atoms with Crippen LogP contribution >= 0.6 is 0 Å². The van der Waals surface area contributed by atoms with Crippen molar-refractivity contribution in [2.75, 3.05) is 0 Å². The number of hydrogen-bond acceptors (Lipinski definition) is 3. The van der Waals surface area contributed by atoms with Gasteiger partial charge in [-0.05, 0) is 25.0 Å². The fourth-order valence-electron chi connectivity index (χ4n) is 1.52. The van der Waals surface area contributed by atoms with Crippen LogP contribution in [-0.2, 0) is 0 Å². The second-order valence-electron chi connectivity index (χ2n) is 3.85. The summed E-state index contributed by atoms with van der Waals surface area (Å²) in [7, 11) is 0. The van der Waals surface area contributed by atoms with Crippen LogP contribution in [0, 0.1) is 6.92 Å². The molecular formula is C11H14N4. The molecule has 0 saturated carbocycles. The van der Waals surface area contributed by atoms with Gasteiger partial charge in [0, 0.05) is 5.69 Å². The third-order valence-corrected chi connectivity index (χ3v) is 2.25. The van der Waals surface area contributed by atoms with Crippen LogP contribution in [0.25, 0.3) is 5.69 Å². The molecule has 0 aromatic carbocycles. The summed E-state index contributed by atoms with van der Waals surface area (Å²) < 4.78 is 1.75. The predicted molar refractivity (Wildman–Crippen MR) is 58.0 cm³/mol. The molecule has 0 aliphatic heterocycles. The van der Waals surface area contributed by atoms with E-state index in [-0.39, 0.29) is 0 Å². The number of rotatable bonds is 2. The number of nitrogens with zero attached hydrogens (tertiary/aromatic N) is 4. The van der Waals surface area contributed by atoms with E-state index < -0.39 is 0 Å². The Morgan fingerprint density at radius 3 is 2.67 bits per heavy atom. The second kappa shape index (κ2) is 3.81. The molecule has 0 aliphatic rings. The molecule has 0 spiro atoms. The topological polar surface area (TPSA) is 43.6 Å². The van der Waals surface area contributed by atoms with Crippen LogP contribution in [0.2, 0.25) is 0 Å². The summed E-state index contributed by atoms with van der Waals surface area (Å²) in [5.74, 6) is 0.379. The highest BCUT2D eigenvalue weighted by atomic mass is 15.3. The Labute approximate surface area is 89.0 Å². The number of aryl methyl sites for hydroxylation is 1. The third-order valence-electron chi connectivity index (χ3n) is 2.25. The number of pyridine rings is 1. The van der Waals surface area contributed by atoms with Crippen LogP contribution in [-0.4, -0.2) is 19.7 Å². The van der Waals surface area contributed by atoms with Gasteiger partial charge in [-0.3, -0.25) is 4.98 Å². The molecule has 4 nitrogen and oxygen atoms in total. The molecule has 0 radical (unpaired) electrons. The first kappa shape index (κ1) is 9.83. The number of hydrogen-bond donors (Lipinski definition) is 0. The van der Waals surface area contributed by atoms with Crippen molar-refractivity contribution < 1.29 is 0 Å². The van der Waals surface area contributed by atoms with Crippen LogP contribution in [0.3, 0.4) is 0 Å². The zero-order valence-corrected chi connectivity index (χ0v) is 9.18. The third kappa shape index (κ3) is 1.88. The lowest BCUT2D eigenvalue weighted by Crippen LogP contribution is -2.05. The fraction of sp³-hybridized carbons (Fsp3) is 0.364. The van der Waals surface area contributed by atoms with Crippen molar-refractivity contribution in [2.45, 2.75) is 26.7 Å². The Hall–Kier alpha value is -1.71. The van der Waals surface area contributed by atoms with Crippen LogP contribution in [0.4, 0.5) is 0 Å². The van der Waals surface area contributed by atoms with Crippen molar-refractivity contribution >= 4 is 0 Å². The van der Waals surface area contributed by atoms with E-state index in [0.29, 0.717) is 5.92 Å². The van der Waals surface area contributed by atoms with Gasteiger partial charge in [-0.1, -0.05) is 13.8 Å². The SMILES string of the molecule is Cc1ccc(-n2cncn2)c(C(C)C)n1. The lowest BCUT2D eigenvalue weighted by Gasteiger charge is -2.11. The van der Waals surface area contributed by atoms with Gasteiger partial charge in [-0.25, -0.2) is 9.67 Å². The summed E-state index contributed by atoms with van der Waals surface area (Å²) in [6, 6.07) is 4.02. The van der Waals surface area contributed by atoms with Gasteiger partial charge in [0.25, 0.3) is 0 Å². The minimum Gasteiger partial charge on any atom is -0.256 e. The van der Waals surface area contributed by atoms with Crippen molar-refractivity contribution in [1.29, 1.82) is 0 Å². The first-order chi connectivity index (χ1) is 7.18. The minimum absolute atomic E-state index is 0.379. The Balaban J connectivity index is 2.56. The van der Waals surface area contributed by atoms with Gasteiger partial charge < -0.3 is 0 Å². The molecule has 0 unspecified atom stereocenters. The van der Waals surface area contributed by atoms with Crippen LogP contribution < -0.4 is 0 Å². The average Bonchev–Trinajstić information content (AvgIpc) is 2.70. The average molecular weight is 202 g/mol. The van der Waals surface area contributed by atoms with Gasteiger partial charge in [-0.15, -0.1) is 0 Å². The Morgan fingerprint density at radius 2 is 2.07 bits per heavy atom. The molecule has 0 amide bonds. The van der Waals surface area contributed by atoms with Gasteiger partial charge in [0.1, 0.15) is 12.7 Å². The summed E-state index contributed by atoms with van der Waals surface area (Å²) in [5.41, 5.74) is 3.09. The smallest absolute Gasteiger partial charge is 0.138 e. The van der Waals surface area contributed by atoms with Gasteiger partial charge in [0.2, 0.25) is 0 Å². The van der Waals surface area contributed by atoms with Gasteiger partial charge in [0.05, 0.1) is 11.4 Å². The lowest BCUT2D eigenvalue weighted by atomic mass is 10.1. The highest BCUT2D eigenvalue weighted by Crippen LogP contribution is 2.20. The molecule has 0 N–H and O–H groups in total. The summed E-state index contributed by atoms with van der Waals surface area (Å²) in [6.45, 7) is 6.25. The highest BCUT2D eigenvalue weighted by Gasteiger charge is 2.10. The molecular weight excluding hydrogens is 188 g/mol. The second-order valence-corrected chi connectivity index (χ2v) is 3.85. The predicted octanol–water partition coefficient (Wildman–Crippen LogP) is 2.09. The van der Waals surface area contributed by atoms with Crippen molar-refractivity contribution in [1.82, 2.24) is 19.7 Å². The maximum absolute atomic E-state index is 4.54. The molecule has 0 atom stereocenters. The summed E-state index contributed by atoms with van der Waals surface area (Å²) in [6.07, 6.45) is 3.22. The van der Waals surface area contributed by atoms with Crippen molar-refractivity contribution in [2.24, 2.45) is 0 Å². The maximum Gasteiger partial charge on any atom is 0.138 e. The Kier molecular flexibility index (Phi) is 2.49. The molecule has 0 saturated heterocycles. The first-order valence-electron chi connectivity index (χ1n) is 5.01. The highest BCUT2D eigenvalue weighted by molar-refractivity contribution is 5.38. The van der Waals surface area contributed by atoms with E-state index in [9.17, 15) is 0 Å². The molecule has 2 aromatic heterocycles. The van der Waals surface area contributed by atoms with Crippen LogP contribution in [0.15, 0.2) is 24.8 Å². The lowest BCUT2D eigenvalue weighted by molar-refractivity contribution is 0.769. The van der Waals surface area contributed by atoms with Crippen LogP contribution in [0.1, 0.15) is 31.2 Å². The summed E-state index contributed by atoms with van der Waals surface area (Å²) in [5, 5.41) is 4.12. The van der Waals surface area contributed by atoms with Crippen LogP contribution in [0.5, 0.6) is 0 Å². The molecule has 15 heavy (non-hydrogen) atoms. The van der Waals surface area contributed by atoms with E-state index in [1.807, 2.05) is 19.1 Å². The molecule has 2 rings (SSSR count). The van der Waals surface area contributed by atoms with E-state index in [1.54, 1.807) is 11.0 Å². The Morgan fingerprint density at radius 1 is 1.27 bits per heavy atom. The normalized spacial score (nSPS) is 10.9. The number of aromatic nitrogens is 4.